The Morgan fingerprint density at radius 2 is 1.67 bits per heavy atom. The highest BCUT2D eigenvalue weighted by Gasteiger charge is 2.41. The Labute approximate surface area is 178 Å². The summed E-state index contributed by atoms with van der Waals surface area (Å²) in [6, 6.07) is 10.3. The van der Waals surface area contributed by atoms with Gasteiger partial charge in [0, 0.05) is 51.7 Å². The fraction of sp³-hybridized carbons (Fsp3) is 0.455. The minimum atomic E-state index is -3.67. The molecule has 8 heteroatoms. The van der Waals surface area contributed by atoms with E-state index in [2.05, 4.69) is 9.88 Å². The minimum Gasteiger partial charge on any atom is -0.339 e. The van der Waals surface area contributed by atoms with Gasteiger partial charge in [-0.2, -0.15) is 4.31 Å². The summed E-state index contributed by atoms with van der Waals surface area (Å²) >= 11 is 0. The Balaban J connectivity index is 1.40. The number of hydrogen-bond donors (Lipinski definition) is 0. The quantitative estimate of drug-likeness (QED) is 0.727. The van der Waals surface area contributed by atoms with Gasteiger partial charge in [0.15, 0.2) is 0 Å². The van der Waals surface area contributed by atoms with Crippen LogP contribution in [0.3, 0.4) is 0 Å². The van der Waals surface area contributed by atoms with Crippen molar-refractivity contribution in [3.63, 3.8) is 0 Å². The molecule has 0 saturated carbocycles. The molecule has 0 N–H and O–H groups in total. The van der Waals surface area contributed by atoms with Gasteiger partial charge in [0.1, 0.15) is 6.04 Å². The molecule has 160 valence electrons. The van der Waals surface area contributed by atoms with Crippen LogP contribution in [0.15, 0.2) is 53.7 Å². The third-order valence-corrected chi connectivity index (χ3v) is 7.88. The summed E-state index contributed by atoms with van der Waals surface area (Å²) < 4.78 is 27.7. The maximum absolute atomic E-state index is 13.2. The second-order valence-electron chi connectivity index (χ2n) is 8.04. The van der Waals surface area contributed by atoms with E-state index in [0.29, 0.717) is 32.5 Å². The number of benzene rings is 1. The Hall–Kier alpha value is -2.29. The molecule has 2 aliphatic rings. The van der Waals surface area contributed by atoms with Gasteiger partial charge >= 0.3 is 0 Å². The minimum absolute atomic E-state index is 0.0632. The average Bonchev–Trinajstić information content (AvgIpc) is 3.26. The number of carbonyl (C=O) groups is 1. The topological polar surface area (TPSA) is 73.8 Å². The van der Waals surface area contributed by atoms with Crippen molar-refractivity contribution in [1.82, 2.24) is 19.1 Å². The van der Waals surface area contributed by atoms with Crippen molar-refractivity contribution in [2.24, 2.45) is 0 Å². The molecule has 7 nitrogen and oxygen atoms in total. The van der Waals surface area contributed by atoms with Gasteiger partial charge in [0.25, 0.3) is 0 Å². The van der Waals surface area contributed by atoms with Crippen molar-refractivity contribution in [1.29, 1.82) is 0 Å². The first-order valence-electron chi connectivity index (χ1n) is 10.4. The second-order valence-corrected chi connectivity index (χ2v) is 9.93. The molecule has 2 fully saturated rings. The maximum atomic E-state index is 13.2. The summed E-state index contributed by atoms with van der Waals surface area (Å²) in [6.07, 6.45) is 4.88. The molecule has 2 aliphatic heterocycles. The van der Waals surface area contributed by atoms with E-state index in [9.17, 15) is 13.2 Å². The van der Waals surface area contributed by atoms with E-state index in [1.165, 1.54) is 9.87 Å². The number of sulfonamides is 1. The van der Waals surface area contributed by atoms with E-state index in [1.54, 1.807) is 36.7 Å². The molecule has 0 bridgehead atoms. The van der Waals surface area contributed by atoms with Crippen LogP contribution >= 0.6 is 0 Å². The van der Waals surface area contributed by atoms with Crippen LogP contribution in [0.1, 0.15) is 24.0 Å². The van der Waals surface area contributed by atoms with E-state index in [1.807, 2.05) is 24.0 Å². The summed E-state index contributed by atoms with van der Waals surface area (Å²) in [5, 5.41) is 0. The third kappa shape index (κ3) is 4.40. The molecule has 1 aromatic carbocycles. The van der Waals surface area contributed by atoms with Crippen LogP contribution < -0.4 is 0 Å². The number of amides is 1. The molecule has 1 atom stereocenters. The predicted octanol–water partition coefficient (Wildman–Crippen LogP) is 1.89. The maximum Gasteiger partial charge on any atom is 0.243 e. The average molecular weight is 429 g/mol. The summed E-state index contributed by atoms with van der Waals surface area (Å²) in [7, 11) is -3.67. The van der Waals surface area contributed by atoms with E-state index in [-0.39, 0.29) is 10.8 Å². The third-order valence-electron chi connectivity index (χ3n) is 5.96. The SMILES string of the molecule is Cc1ccc(S(=O)(=O)N2CCC[C@H]2C(=O)N2CCN(Cc3ccncc3)CC2)cc1. The summed E-state index contributed by atoms with van der Waals surface area (Å²) in [5.74, 6) is -0.0632. The summed E-state index contributed by atoms with van der Waals surface area (Å²) in [4.78, 5) is 21.6. The van der Waals surface area contributed by atoms with E-state index < -0.39 is 16.1 Å². The lowest BCUT2D eigenvalue weighted by atomic mass is 10.1. The van der Waals surface area contributed by atoms with Gasteiger partial charge in [0.2, 0.25) is 15.9 Å². The zero-order chi connectivity index (χ0) is 21.1. The molecule has 2 aromatic rings. The fourth-order valence-electron chi connectivity index (χ4n) is 4.20. The van der Waals surface area contributed by atoms with Gasteiger partial charge in [0.05, 0.1) is 4.90 Å². The lowest BCUT2D eigenvalue weighted by Gasteiger charge is -2.37. The molecule has 1 amide bonds. The summed E-state index contributed by atoms with van der Waals surface area (Å²) in [5.41, 5.74) is 2.21. The van der Waals surface area contributed by atoms with Crippen LogP contribution in [0.5, 0.6) is 0 Å². The normalized spacial score (nSPS) is 21.1. The number of piperazine rings is 1. The number of hydrogen-bond acceptors (Lipinski definition) is 5. The molecule has 1 aromatic heterocycles. The first-order chi connectivity index (χ1) is 14.4. The molecular formula is C22H28N4O3S. The first kappa shape index (κ1) is 21.0. The Morgan fingerprint density at radius 1 is 1.00 bits per heavy atom. The monoisotopic (exact) mass is 428 g/mol. The van der Waals surface area contributed by atoms with Crippen molar-refractivity contribution < 1.29 is 13.2 Å². The van der Waals surface area contributed by atoms with E-state index in [0.717, 1.165) is 25.2 Å². The summed E-state index contributed by atoms with van der Waals surface area (Å²) in [6.45, 7) is 5.97. The van der Waals surface area contributed by atoms with E-state index >= 15 is 0 Å². The van der Waals surface area contributed by atoms with Crippen LogP contribution in [-0.2, 0) is 21.4 Å². The standard InChI is InChI=1S/C22H28N4O3S/c1-18-4-6-20(7-5-18)30(28,29)26-12-2-3-21(26)22(27)25-15-13-24(14-16-25)17-19-8-10-23-11-9-19/h4-11,21H,2-3,12-17H2,1H3/t21-/m0/s1. The van der Waals surface area contributed by atoms with Crippen molar-refractivity contribution in [2.45, 2.75) is 37.2 Å². The lowest BCUT2D eigenvalue weighted by Crippen LogP contribution is -2.54. The number of pyridine rings is 1. The van der Waals surface area contributed by atoms with Crippen LogP contribution in [0.2, 0.25) is 0 Å². The van der Waals surface area contributed by atoms with E-state index in [4.69, 9.17) is 0 Å². The largest absolute Gasteiger partial charge is 0.339 e. The van der Waals surface area contributed by atoms with Gasteiger partial charge in [-0.1, -0.05) is 17.7 Å². The predicted molar refractivity (Wildman–Crippen MR) is 114 cm³/mol. The number of rotatable bonds is 5. The Kier molecular flexibility index (Phi) is 6.17. The number of aryl methyl sites for hydroxylation is 1. The molecule has 0 unspecified atom stereocenters. The molecule has 0 aliphatic carbocycles. The molecule has 2 saturated heterocycles. The molecule has 4 rings (SSSR count). The van der Waals surface area contributed by atoms with Crippen LogP contribution in [-0.4, -0.2) is 72.2 Å². The van der Waals surface area contributed by atoms with Crippen molar-refractivity contribution >= 4 is 15.9 Å². The second kappa shape index (κ2) is 8.83. The zero-order valence-electron chi connectivity index (χ0n) is 17.3. The highest BCUT2D eigenvalue weighted by atomic mass is 32.2. The van der Waals surface area contributed by atoms with Crippen molar-refractivity contribution in [3.05, 3.63) is 59.9 Å². The fourth-order valence-corrected chi connectivity index (χ4v) is 5.85. The molecule has 3 heterocycles. The van der Waals surface area contributed by atoms with Gasteiger partial charge < -0.3 is 4.90 Å². The van der Waals surface area contributed by atoms with Gasteiger partial charge in [-0.25, -0.2) is 8.42 Å². The van der Waals surface area contributed by atoms with Gasteiger partial charge in [-0.3, -0.25) is 14.7 Å². The number of aromatic nitrogens is 1. The van der Waals surface area contributed by atoms with Crippen molar-refractivity contribution in [3.8, 4) is 0 Å². The zero-order valence-corrected chi connectivity index (χ0v) is 18.1. The van der Waals surface area contributed by atoms with Crippen LogP contribution in [0.4, 0.5) is 0 Å². The first-order valence-corrected chi connectivity index (χ1v) is 11.9. The smallest absolute Gasteiger partial charge is 0.243 e. The van der Waals surface area contributed by atoms with Crippen LogP contribution in [0.25, 0.3) is 0 Å². The Morgan fingerprint density at radius 3 is 2.33 bits per heavy atom. The number of carbonyl (C=O) groups excluding carboxylic acids is 1. The van der Waals surface area contributed by atoms with Crippen LogP contribution in [0, 0.1) is 6.92 Å². The van der Waals surface area contributed by atoms with Crippen molar-refractivity contribution in [2.75, 3.05) is 32.7 Å². The molecule has 0 spiro atoms. The van der Waals surface area contributed by atoms with Gasteiger partial charge in [-0.15, -0.1) is 0 Å². The van der Waals surface area contributed by atoms with Gasteiger partial charge in [-0.05, 0) is 49.6 Å². The molecule has 30 heavy (non-hydrogen) atoms. The lowest BCUT2D eigenvalue weighted by molar-refractivity contribution is -0.136. The highest BCUT2D eigenvalue weighted by molar-refractivity contribution is 7.89. The molecule has 0 radical (unpaired) electrons. The number of nitrogens with zero attached hydrogens (tertiary/aromatic N) is 4. The Bertz CT molecular complexity index is 971. The highest BCUT2D eigenvalue weighted by Crippen LogP contribution is 2.28. The molecular weight excluding hydrogens is 400 g/mol.